The third kappa shape index (κ3) is 3.87. The van der Waals surface area contributed by atoms with Crippen molar-refractivity contribution in [3.63, 3.8) is 0 Å². The quantitative estimate of drug-likeness (QED) is 0.780. The summed E-state index contributed by atoms with van der Waals surface area (Å²) in [4.78, 5) is 14.0. The Labute approximate surface area is 128 Å². The van der Waals surface area contributed by atoms with E-state index >= 15 is 0 Å². The summed E-state index contributed by atoms with van der Waals surface area (Å²) in [6.07, 6.45) is 0. The van der Waals surface area contributed by atoms with Crippen LogP contribution in [-0.4, -0.2) is 52.1 Å². The minimum Gasteiger partial charge on any atom is -0.493 e. The first-order valence-corrected chi connectivity index (χ1v) is 8.83. The number of benzene rings is 1. The van der Waals surface area contributed by atoms with Crippen molar-refractivity contribution >= 4 is 25.6 Å². The second-order valence-electron chi connectivity index (χ2n) is 4.43. The number of nitrogens with zero attached hydrogens (tertiary/aromatic N) is 1. The molecule has 1 aromatic carbocycles. The number of carbonyl (C=O) groups is 1. The van der Waals surface area contributed by atoms with Crippen LogP contribution in [0.3, 0.4) is 0 Å². The Balaban J connectivity index is 2.40. The van der Waals surface area contributed by atoms with E-state index in [-0.39, 0.29) is 16.4 Å². The van der Waals surface area contributed by atoms with E-state index in [0.29, 0.717) is 38.7 Å². The number of amides is 1. The molecule has 2 rings (SSSR count). The third-order valence-corrected chi connectivity index (χ3v) is 4.41. The lowest BCUT2D eigenvalue weighted by molar-refractivity contribution is 0.0300. The standard InChI is InChI=1S/C13H16ClNO5S/c1-2-20-12-4-3-10(21(14,17)18)9-11(12)13(16)15-5-7-19-8-6-15/h3-4,9H,2,5-8H2,1H3. The van der Waals surface area contributed by atoms with E-state index in [1.165, 1.54) is 18.2 Å². The molecule has 0 unspecified atom stereocenters. The van der Waals surface area contributed by atoms with Crippen LogP contribution < -0.4 is 4.74 Å². The fraction of sp³-hybridized carbons (Fsp3) is 0.462. The highest BCUT2D eigenvalue weighted by Gasteiger charge is 2.24. The van der Waals surface area contributed by atoms with E-state index < -0.39 is 9.05 Å². The highest BCUT2D eigenvalue weighted by Crippen LogP contribution is 2.26. The van der Waals surface area contributed by atoms with Gasteiger partial charge in [-0.2, -0.15) is 0 Å². The molecule has 0 atom stereocenters. The minimum absolute atomic E-state index is 0.121. The molecule has 1 aromatic rings. The van der Waals surface area contributed by atoms with Crippen molar-refractivity contribution in [3.05, 3.63) is 23.8 Å². The topological polar surface area (TPSA) is 72.9 Å². The highest BCUT2D eigenvalue weighted by molar-refractivity contribution is 8.13. The summed E-state index contributed by atoms with van der Waals surface area (Å²) in [6, 6.07) is 4.03. The molecule has 6 nitrogen and oxygen atoms in total. The molecule has 0 aromatic heterocycles. The van der Waals surface area contributed by atoms with Gasteiger partial charge in [-0.15, -0.1) is 0 Å². The van der Waals surface area contributed by atoms with Crippen molar-refractivity contribution in [2.24, 2.45) is 0 Å². The van der Waals surface area contributed by atoms with E-state index in [2.05, 4.69) is 0 Å². The molecular formula is C13H16ClNO5S. The van der Waals surface area contributed by atoms with Crippen molar-refractivity contribution < 1.29 is 22.7 Å². The predicted molar refractivity (Wildman–Crippen MR) is 77.4 cm³/mol. The van der Waals surface area contributed by atoms with Gasteiger partial charge in [0.15, 0.2) is 0 Å². The van der Waals surface area contributed by atoms with Crippen LogP contribution in [0.2, 0.25) is 0 Å². The van der Waals surface area contributed by atoms with Crippen LogP contribution in [0.15, 0.2) is 23.1 Å². The lowest BCUT2D eigenvalue weighted by atomic mass is 10.1. The molecule has 1 amide bonds. The fourth-order valence-electron chi connectivity index (χ4n) is 2.05. The van der Waals surface area contributed by atoms with Crippen LogP contribution in [0, 0.1) is 0 Å². The van der Waals surface area contributed by atoms with Gasteiger partial charge in [0.1, 0.15) is 5.75 Å². The summed E-state index contributed by atoms with van der Waals surface area (Å²) < 4.78 is 33.5. The smallest absolute Gasteiger partial charge is 0.261 e. The summed E-state index contributed by atoms with van der Waals surface area (Å²) in [6.45, 7) is 4.00. The molecule has 0 saturated carbocycles. The Bertz CT molecular complexity index is 625. The van der Waals surface area contributed by atoms with E-state index in [9.17, 15) is 13.2 Å². The van der Waals surface area contributed by atoms with Gasteiger partial charge < -0.3 is 14.4 Å². The van der Waals surface area contributed by atoms with E-state index in [4.69, 9.17) is 20.2 Å². The van der Waals surface area contributed by atoms with E-state index in [1.54, 1.807) is 11.8 Å². The number of rotatable bonds is 4. The van der Waals surface area contributed by atoms with Gasteiger partial charge in [-0.1, -0.05) is 0 Å². The lowest BCUT2D eigenvalue weighted by Gasteiger charge is -2.27. The third-order valence-electron chi connectivity index (χ3n) is 3.06. The average molecular weight is 334 g/mol. The van der Waals surface area contributed by atoms with Crippen molar-refractivity contribution in [3.8, 4) is 5.75 Å². The van der Waals surface area contributed by atoms with Gasteiger partial charge in [0, 0.05) is 23.8 Å². The molecule has 116 valence electrons. The van der Waals surface area contributed by atoms with Crippen molar-refractivity contribution in [1.29, 1.82) is 0 Å². The maximum absolute atomic E-state index is 12.5. The Morgan fingerprint density at radius 2 is 2.05 bits per heavy atom. The number of carbonyl (C=O) groups excluding carboxylic acids is 1. The molecule has 0 spiro atoms. The van der Waals surface area contributed by atoms with Gasteiger partial charge >= 0.3 is 0 Å². The maximum Gasteiger partial charge on any atom is 0.261 e. The fourth-order valence-corrected chi connectivity index (χ4v) is 2.82. The monoisotopic (exact) mass is 333 g/mol. The second kappa shape index (κ2) is 6.64. The van der Waals surface area contributed by atoms with Gasteiger partial charge in [-0.3, -0.25) is 4.79 Å². The molecule has 1 heterocycles. The van der Waals surface area contributed by atoms with E-state index in [1.807, 2.05) is 0 Å². The number of hydrogen-bond acceptors (Lipinski definition) is 5. The van der Waals surface area contributed by atoms with Crippen LogP contribution in [0.1, 0.15) is 17.3 Å². The highest BCUT2D eigenvalue weighted by atomic mass is 35.7. The molecule has 21 heavy (non-hydrogen) atoms. The zero-order valence-corrected chi connectivity index (χ0v) is 13.1. The molecule has 1 saturated heterocycles. The minimum atomic E-state index is -3.90. The van der Waals surface area contributed by atoms with Crippen LogP contribution in [0.5, 0.6) is 5.75 Å². The van der Waals surface area contributed by atoms with Gasteiger partial charge in [-0.25, -0.2) is 8.42 Å². The number of ether oxygens (including phenoxy) is 2. The first-order valence-electron chi connectivity index (χ1n) is 6.52. The first kappa shape index (κ1) is 16.1. The summed E-state index contributed by atoms with van der Waals surface area (Å²) in [5.74, 6) is 0.0574. The molecule has 8 heteroatoms. The zero-order chi connectivity index (χ0) is 15.5. The summed E-state index contributed by atoms with van der Waals surface area (Å²) in [7, 11) is 1.44. The molecule has 0 radical (unpaired) electrons. The Morgan fingerprint density at radius 3 is 2.62 bits per heavy atom. The van der Waals surface area contributed by atoms with Gasteiger partial charge in [-0.05, 0) is 25.1 Å². The van der Waals surface area contributed by atoms with Crippen molar-refractivity contribution in [2.75, 3.05) is 32.9 Å². The predicted octanol–water partition coefficient (Wildman–Crippen LogP) is 1.49. The molecule has 0 N–H and O–H groups in total. The lowest BCUT2D eigenvalue weighted by Crippen LogP contribution is -2.40. The Hall–Kier alpha value is -1.31. The number of hydrogen-bond donors (Lipinski definition) is 0. The molecule has 0 bridgehead atoms. The zero-order valence-electron chi connectivity index (χ0n) is 11.5. The maximum atomic E-state index is 12.5. The molecule has 1 fully saturated rings. The normalized spacial score (nSPS) is 15.8. The van der Waals surface area contributed by atoms with Crippen molar-refractivity contribution in [2.45, 2.75) is 11.8 Å². The van der Waals surface area contributed by atoms with Crippen LogP contribution >= 0.6 is 10.7 Å². The van der Waals surface area contributed by atoms with Gasteiger partial charge in [0.2, 0.25) is 0 Å². The average Bonchev–Trinajstić information content (AvgIpc) is 2.47. The molecule has 1 aliphatic rings. The second-order valence-corrected chi connectivity index (χ2v) is 7.00. The SMILES string of the molecule is CCOc1ccc(S(=O)(=O)Cl)cc1C(=O)N1CCOCC1. The Kier molecular flexibility index (Phi) is 5.08. The van der Waals surface area contributed by atoms with Crippen LogP contribution in [0.25, 0.3) is 0 Å². The van der Waals surface area contributed by atoms with Gasteiger partial charge in [0.25, 0.3) is 15.0 Å². The largest absolute Gasteiger partial charge is 0.493 e. The summed E-state index contributed by atoms with van der Waals surface area (Å²) in [5.41, 5.74) is 0.195. The molecule has 1 aliphatic heterocycles. The van der Waals surface area contributed by atoms with E-state index in [0.717, 1.165) is 0 Å². The molecular weight excluding hydrogens is 318 g/mol. The Morgan fingerprint density at radius 1 is 1.38 bits per heavy atom. The van der Waals surface area contributed by atoms with Crippen LogP contribution in [-0.2, 0) is 13.8 Å². The van der Waals surface area contributed by atoms with Crippen LogP contribution in [0.4, 0.5) is 0 Å². The summed E-state index contributed by atoms with van der Waals surface area (Å²) in [5, 5.41) is 0. The first-order chi connectivity index (χ1) is 9.93. The van der Waals surface area contributed by atoms with Gasteiger partial charge in [0.05, 0.1) is 30.3 Å². The molecule has 0 aliphatic carbocycles. The number of halogens is 1. The number of morpholine rings is 1. The summed E-state index contributed by atoms with van der Waals surface area (Å²) >= 11 is 0. The van der Waals surface area contributed by atoms with Crippen molar-refractivity contribution in [1.82, 2.24) is 4.90 Å².